The Balaban J connectivity index is 2.50. The lowest BCUT2D eigenvalue weighted by Gasteiger charge is -2.15. The van der Waals surface area contributed by atoms with Crippen molar-refractivity contribution in [2.75, 3.05) is 0 Å². The summed E-state index contributed by atoms with van der Waals surface area (Å²) in [6, 6.07) is 3.34. The number of hydrogen-bond acceptors (Lipinski definition) is 5. The SMILES string of the molecule is CC(=O)Oc1cc(Cl)c(Oc2ccc([N+](=O)[O-])c(C(F)(F)F)c2)c(Cl)c1C. The predicted molar refractivity (Wildman–Crippen MR) is 90.7 cm³/mol. The molecule has 0 unspecified atom stereocenters. The van der Waals surface area contributed by atoms with Crippen molar-refractivity contribution in [3.05, 3.63) is 55.6 Å². The lowest BCUT2D eigenvalue weighted by Crippen LogP contribution is -2.09. The highest BCUT2D eigenvalue weighted by atomic mass is 35.5. The van der Waals surface area contributed by atoms with Crippen molar-refractivity contribution < 1.29 is 32.4 Å². The molecule has 0 bridgehead atoms. The standard InChI is InChI=1S/C16H10Cl2F3NO5/c1-7-13(26-8(2)23)6-11(17)15(14(7)18)27-9-3-4-12(22(24)25)10(5-9)16(19,20)21/h3-6H,1-2H3. The zero-order valence-corrected chi connectivity index (χ0v) is 15.2. The van der Waals surface area contributed by atoms with Crippen molar-refractivity contribution in [3.8, 4) is 17.2 Å². The second-order valence-electron chi connectivity index (χ2n) is 5.25. The van der Waals surface area contributed by atoms with Crippen molar-refractivity contribution in [1.29, 1.82) is 0 Å². The molecule has 0 radical (unpaired) electrons. The van der Waals surface area contributed by atoms with Gasteiger partial charge >= 0.3 is 12.1 Å². The van der Waals surface area contributed by atoms with Crippen LogP contribution in [0.5, 0.6) is 17.2 Å². The fraction of sp³-hybridized carbons (Fsp3) is 0.188. The Kier molecular flexibility index (Phi) is 5.86. The van der Waals surface area contributed by atoms with Gasteiger partial charge < -0.3 is 9.47 Å². The van der Waals surface area contributed by atoms with Crippen LogP contribution < -0.4 is 9.47 Å². The molecular weight excluding hydrogens is 414 g/mol. The summed E-state index contributed by atoms with van der Waals surface area (Å²) in [5.74, 6) is -1.11. The van der Waals surface area contributed by atoms with Crippen LogP contribution in [-0.4, -0.2) is 10.9 Å². The molecule has 0 saturated heterocycles. The van der Waals surface area contributed by atoms with E-state index in [9.17, 15) is 28.1 Å². The molecule has 2 aromatic carbocycles. The molecule has 11 heteroatoms. The zero-order chi connectivity index (χ0) is 20.5. The van der Waals surface area contributed by atoms with Gasteiger partial charge in [-0.1, -0.05) is 23.2 Å². The first-order chi connectivity index (χ1) is 12.4. The maximum atomic E-state index is 13.1. The molecule has 0 amide bonds. The highest BCUT2D eigenvalue weighted by Gasteiger charge is 2.38. The van der Waals surface area contributed by atoms with Crippen LogP contribution >= 0.6 is 23.2 Å². The smallest absolute Gasteiger partial charge is 0.423 e. The van der Waals surface area contributed by atoms with Gasteiger partial charge in [0.25, 0.3) is 5.69 Å². The third-order valence-electron chi connectivity index (χ3n) is 3.32. The summed E-state index contributed by atoms with van der Waals surface area (Å²) in [5.41, 5.74) is -2.33. The Bertz CT molecular complexity index is 931. The molecule has 6 nitrogen and oxygen atoms in total. The maximum Gasteiger partial charge on any atom is 0.423 e. The van der Waals surface area contributed by atoms with Crippen LogP contribution in [0.4, 0.5) is 18.9 Å². The van der Waals surface area contributed by atoms with E-state index in [0.29, 0.717) is 12.1 Å². The molecule has 0 aliphatic carbocycles. The number of halogens is 5. The largest absolute Gasteiger partial charge is 0.454 e. The molecule has 0 aliphatic rings. The highest BCUT2D eigenvalue weighted by molar-refractivity contribution is 6.38. The monoisotopic (exact) mass is 423 g/mol. The first-order valence-corrected chi connectivity index (χ1v) is 7.88. The van der Waals surface area contributed by atoms with Crippen LogP contribution in [0.2, 0.25) is 10.0 Å². The van der Waals surface area contributed by atoms with Gasteiger partial charge in [0.2, 0.25) is 0 Å². The van der Waals surface area contributed by atoms with Gasteiger partial charge in [-0.25, -0.2) is 0 Å². The van der Waals surface area contributed by atoms with Gasteiger partial charge in [0, 0.05) is 24.6 Å². The topological polar surface area (TPSA) is 78.7 Å². The summed E-state index contributed by atoms with van der Waals surface area (Å²) in [6.45, 7) is 2.65. The van der Waals surface area contributed by atoms with Crippen LogP contribution in [0.25, 0.3) is 0 Å². The highest BCUT2D eigenvalue weighted by Crippen LogP contribution is 2.44. The molecule has 2 aromatic rings. The molecule has 0 heterocycles. The number of ether oxygens (including phenoxy) is 2. The predicted octanol–water partition coefficient (Wildman–Crippen LogP) is 5.95. The maximum absolute atomic E-state index is 13.1. The van der Waals surface area contributed by atoms with E-state index in [-0.39, 0.29) is 32.9 Å². The summed E-state index contributed by atoms with van der Waals surface area (Å²) in [7, 11) is 0. The normalized spacial score (nSPS) is 11.2. The average Bonchev–Trinajstić information content (AvgIpc) is 2.55. The number of esters is 1. The van der Waals surface area contributed by atoms with E-state index in [2.05, 4.69) is 0 Å². The minimum absolute atomic E-state index is 0.0598. The van der Waals surface area contributed by atoms with Crippen molar-refractivity contribution in [2.45, 2.75) is 20.0 Å². The molecular formula is C16H10Cl2F3NO5. The van der Waals surface area contributed by atoms with Gasteiger partial charge in [-0.3, -0.25) is 14.9 Å². The van der Waals surface area contributed by atoms with E-state index >= 15 is 0 Å². The van der Waals surface area contributed by atoms with Crippen LogP contribution in [-0.2, 0) is 11.0 Å². The molecule has 27 heavy (non-hydrogen) atoms. The molecule has 0 aliphatic heterocycles. The van der Waals surface area contributed by atoms with E-state index < -0.39 is 28.3 Å². The number of nitro benzene ring substituents is 1. The van der Waals surface area contributed by atoms with Crippen molar-refractivity contribution in [3.63, 3.8) is 0 Å². The Labute approximate surface area is 160 Å². The third-order valence-corrected chi connectivity index (χ3v) is 4.05. The molecule has 0 spiro atoms. The average molecular weight is 424 g/mol. The fourth-order valence-corrected chi connectivity index (χ4v) is 2.62. The lowest BCUT2D eigenvalue weighted by molar-refractivity contribution is -0.388. The van der Waals surface area contributed by atoms with E-state index in [1.165, 1.54) is 19.9 Å². The van der Waals surface area contributed by atoms with Crippen molar-refractivity contribution >= 4 is 34.9 Å². The molecule has 0 saturated carbocycles. The fourth-order valence-electron chi connectivity index (χ4n) is 2.11. The van der Waals surface area contributed by atoms with Gasteiger partial charge in [-0.2, -0.15) is 13.2 Å². The molecule has 144 valence electrons. The Hall–Kier alpha value is -2.52. The second kappa shape index (κ2) is 7.61. The van der Waals surface area contributed by atoms with Crippen LogP contribution in [0.3, 0.4) is 0 Å². The summed E-state index contributed by atoms with van der Waals surface area (Å²) in [6.07, 6.45) is -4.97. The van der Waals surface area contributed by atoms with E-state index in [0.717, 1.165) is 6.07 Å². The minimum atomic E-state index is -4.97. The van der Waals surface area contributed by atoms with Gasteiger partial charge in [0.15, 0.2) is 5.75 Å². The van der Waals surface area contributed by atoms with Gasteiger partial charge in [-0.05, 0) is 19.1 Å². The van der Waals surface area contributed by atoms with Crippen LogP contribution in [0.15, 0.2) is 24.3 Å². The van der Waals surface area contributed by atoms with Crippen molar-refractivity contribution in [1.82, 2.24) is 0 Å². The number of nitrogens with zero attached hydrogens (tertiary/aromatic N) is 1. The van der Waals surface area contributed by atoms with E-state index in [1.807, 2.05) is 0 Å². The number of carbonyl (C=O) groups is 1. The first-order valence-electron chi connectivity index (χ1n) is 7.12. The van der Waals surface area contributed by atoms with Crippen LogP contribution in [0.1, 0.15) is 18.1 Å². The summed E-state index contributed by atoms with van der Waals surface area (Å²) in [4.78, 5) is 20.7. The summed E-state index contributed by atoms with van der Waals surface area (Å²) in [5, 5.41) is 10.6. The molecule has 0 aromatic heterocycles. The number of nitro groups is 1. The summed E-state index contributed by atoms with van der Waals surface area (Å²) < 4.78 is 49.4. The molecule has 0 fully saturated rings. The Morgan fingerprint density at radius 3 is 2.37 bits per heavy atom. The van der Waals surface area contributed by atoms with Gasteiger partial charge in [0.1, 0.15) is 17.1 Å². The molecule has 2 rings (SSSR count). The number of carbonyl (C=O) groups excluding carboxylic acids is 1. The Morgan fingerprint density at radius 2 is 1.85 bits per heavy atom. The van der Waals surface area contributed by atoms with E-state index in [4.69, 9.17) is 32.7 Å². The number of alkyl halides is 3. The van der Waals surface area contributed by atoms with Gasteiger partial charge in [0.05, 0.1) is 15.0 Å². The van der Waals surface area contributed by atoms with Gasteiger partial charge in [-0.15, -0.1) is 0 Å². The molecule has 0 N–H and O–H groups in total. The minimum Gasteiger partial charge on any atom is -0.454 e. The van der Waals surface area contributed by atoms with E-state index in [1.54, 1.807) is 0 Å². The number of rotatable bonds is 4. The van der Waals surface area contributed by atoms with Crippen LogP contribution in [0, 0.1) is 17.0 Å². The molecule has 0 atom stereocenters. The Morgan fingerprint density at radius 1 is 1.22 bits per heavy atom. The van der Waals surface area contributed by atoms with Crippen molar-refractivity contribution in [2.24, 2.45) is 0 Å². The number of hydrogen-bond donors (Lipinski definition) is 0. The lowest BCUT2D eigenvalue weighted by atomic mass is 10.1. The third kappa shape index (κ3) is 4.61. The zero-order valence-electron chi connectivity index (χ0n) is 13.7. The number of benzene rings is 2. The summed E-state index contributed by atoms with van der Waals surface area (Å²) >= 11 is 12.1. The second-order valence-corrected chi connectivity index (χ2v) is 6.04. The quantitative estimate of drug-likeness (QED) is 0.263. The first kappa shape index (κ1) is 20.8.